The molecule has 0 fully saturated rings. The van der Waals surface area contributed by atoms with Crippen LogP contribution in [0, 0.1) is 0 Å². The first-order valence-corrected chi connectivity index (χ1v) is 9.24. The number of ether oxygens (including phenoxy) is 2. The molecule has 0 heterocycles. The van der Waals surface area contributed by atoms with Crippen molar-refractivity contribution < 1.29 is 14.3 Å². The first-order chi connectivity index (χ1) is 14.3. The highest BCUT2D eigenvalue weighted by molar-refractivity contribution is 6.02. The van der Waals surface area contributed by atoms with Crippen molar-refractivity contribution in [1.29, 1.82) is 0 Å². The molecule has 29 heavy (non-hydrogen) atoms. The van der Waals surface area contributed by atoms with Crippen molar-refractivity contribution in [2.24, 2.45) is 5.10 Å². The average Bonchev–Trinajstić information content (AvgIpc) is 2.77. The molecule has 5 heteroatoms. The van der Waals surface area contributed by atoms with Gasteiger partial charge >= 0.3 is 0 Å². The van der Waals surface area contributed by atoms with E-state index < -0.39 is 0 Å². The predicted molar refractivity (Wildman–Crippen MR) is 116 cm³/mol. The third kappa shape index (κ3) is 4.04. The molecule has 0 atom stereocenters. The molecule has 0 aliphatic heterocycles. The van der Waals surface area contributed by atoms with E-state index in [0.29, 0.717) is 5.75 Å². The monoisotopic (exact) mass is 384 g/mol. The summed E-state index contributed by atoms with van der Waals surface area (Å²) in [6, 6.07) is 25.3. The molecule has 0 unspecified atom stereocenters. The summed E-state index contributed by atoms with van der Waals surface area (Å²) in [4.78, 5) is 12.1. The van der Waals surface area contributed by atoms with Crippen molar-refractivity contribution >= 4 is 33.7 Å². The average molecular weight is 384 g/mol. The summed E-state index contributed by atoms with van der Waals surface area (Å²) in [6.45, 7) is -0.116. The molecule has 4 aromatic rings. The molecule has 0 saturated carbocycles. The van der Waals surface area contributed by atoms with Crippen LogP contribution in [0.15, 0.2) is 84.0 Å². The van der Waals surface area contributed by atoms with E-state index in [9.17, 15) is 4.79 Å². The largest absolute Gasteiger partial charge is 0.496 e. The van der Waals surface area contributed by atoms with Gasteiger partial charge in [0.15, 0.2) is 6.61 Å². The van der Waals surface area contributed by atoms with Crippen LogP contribution in [0.1, 0.15) is 5.56 Å². The number of fused-ring (bicyclic) bond motifs is 2. The second kappa shape index (κ2) is 8.44. The quantitative estimate of drug-likeness (QED) is 0.392. The Labute approximate surface area is 168 Å². The van der Waals surface area contributed by atoms with E-state index in [0.717, 1.165) is 32.9 Å². The van der Waals surface area contributed by atoms with Crippen LogP contribution in [0.4, 0.5) is 0 Å². The Morgan fingerprint density at radius 3 is 2.41 bits per heavy atom. The molecule has 4 rings (SSSR count). The molecule has 0 aliphatic carbocycles. The lowest BCUT2D eigenvalue weighted by atomic mass is 10.0. The summed E-state index contributed by atoms with van der Waals surface area (Å²) < 4.78 is 11.1. The highest BCUT2D eigenvalue weighted by atomic mass is 16.5. The van der Waals surface area contributed by atoms with E-state index in [1.165, 1.54) is 0 Å². The first-order valence-electron chi connectivity index (χ1n) is 9.24. The van der Waals surface area contributed by atoms with Crippen molar-refractivity contribution in [3.8, 4) is 11.5 Å². The maximum Gasteiger partial charge on any atom is 0.277 e. The van der Waals surface area contributed by atoms with Gasteiger partial charge in [0.25, 0.3) is 5.91 Å². The standard InChI is InChI=1S/C24H20N2O3/c1-28-22-14-13-18(19-9-4-5-11-21(19)22)15-25-26-24(27)16-29-23-12-6-8-17-7-2-3-10-20(17)23/h2-15H,16H2,1H3,(H,26,27). The fourth-order valence-corrected chi connectivity index (χ4v) is 3.26. The zero-order chi connectivity index (χ0) is 20.1. The van der Waals surface area contributed by atoms with E-state index in [1.54, 1.807) is 13.3 Å². The van der Waals surface area contributed by atoms with E-state index in [-0.39, 0.29) is 12.5 Å². The molecule has 4 aromatic carbocycles. The van der Waals surface area contributed by atoms with E-state index in [4.69, 9.17) is 9.47 Å². The molecule has 0 aromatic heterocycles. The predicted octanol–water partition coefficient (Wildman–Crippen LogP) is 4.53. The van der Waals surface area contributed by atoms with Crippen molar-refractivity contribution in [3.05, 3.63) is 84.4 Å². The third-order valence-electron chi connectivity index (χ3n) is 4.64. The molecule has 0 saturated heterocycles. The Kier molecular flexibility index (Phi) is 5.38. The summed E-state index contributed by atoms with van der Waals surface area (Å²) in [7, 11) is 1.64. The van der Waals surface area contributed by atoms with Crippen molar-refractivity contribution in [2.45, 2.75) is 0 Å². The number of nitrogens with zero attached hydrogens (tertiary/aromatic N) is 1. The van der Waals surface area contributed by atoms with Crippen molar-refractivity contribution in [1.82, 2.24) is 5.43 Å². The number of hydrogen-bond donors (Lipinski definition) is 1. The van der Waals surface area contributed by atoms with Gasteiger partial charge in [-0.15, -0.1) is 0 Å². The number of carbonyl (C=O) groups is 1. The van der Waals surface area contributed by atoms with Gasteiger partial charge < -0.3 is 9.47 Å². The lowest BCUT2D eigenvalue weighted by Gasteiger charge is -2.09. The number of hydrazone groups is 1. The second-order valence-corrected chi connectivity index (χ2v) is 6.46. The van der Waals surface area contributed by atoms with Crippen molar-refractivity contribution in [3.63, 3.8) is 0 Å². The van der Waals surface area contributed by atoms with E-state index in [2.05, 4.69) is 10.5 Å². The van der Waals surface area contributed by atoms with Crippen LogP contribution in [0.3, 0.4) is 0 Å². The fraction of sp³-hybridized carbons (Fsp3) is 0.0833. The highest BCUT2D eigenvalue weighted by Gasteiger charge is 2.06. The smallest absolute Gasteiger partial charge is 0.277 e. The lowest BCUT2D eigenvalue weighted by molar-refractivity contribution is -0.123. The zero-order valence-electron chi connectivity index (χ0n) is 16.0. The van der Waals surface area contributed by atoms with Gasteiger partial charge in [-0.1, -0.05) is 60.7 Å². The lowest BCUT2D eigenvalue weighted by Crippen LogP contribution is -2.24. The maximum atomic E-state index is 12.1. The Morgan fingerprint density at radius 1 is 0.862 bits per heavy atom. The number of carbonyl (C=O) groups excluding carboxylic acids is 1. The van der Waals surface area contributed by atoms with Crippen LogP contribution in [0.2, 0.25) is 0 Å². The Morgan fingerprint density at radius 2 is 1.59 bits per heavy atom. The van der Waals surface area contributed by atoms with Crippen LogP contribution in [-0.2, 0) is 4.79 Å². The van der Waals surface area contributed by atoms with Gasteiger partial charge in [-0.3, -0.25) is 4.79 Å². The van der Waals surface area contributed by atoms with Crippen LogP contribution < -0.4 is 14.9 Å². The number of methoxy groups -OCH3 is 1. The van der Waals surface area contributed by atoms with Gasteiger partial charge in [-0.2, -0.15) is 5.10 Å². The number of benzene rings is 4. The highest BCUT2D eigenvalue weighted by Crippen LogP contribution is 2.27. The zero-order valence-corrected chi connectivity index (χ0v) is 16.0. The third-order valence-corrected chi connectivity index (χ3v) is 4.64. The first kappa shape index (κ1) is 18.5. The van der Waals surface area contributed by atoms with Gasteiger partial charge in [0.2, 0.25) is 0 Å². The van der Waals surface area contributed by atoms with Gasteiger partial charge in [0, 0.05) is 16.3 Å². The summed E-state index contributed by atoms with van der Waals surface area (Å²) in [5.74, 6) is 1.14. The van der Waals surface area contributed by atoms with Crippen LogP contribution in [0.25, 0.3) is 21.5 Å². The Balaban J connectivity index is 1.42. The minimum absolute atomic E-state index is 0.116. The molecule has 5 nitrogen and oxygen atoms in total. The van der Waals surface area contributed by atoms with Gasteiger partial charge in [0.05, 0.1) is 13.3 Å². The topological polar surface area (TPSA) is 59.9 Å². The molecular weight excluding hydrogens is 364 g/mol. The summed E-state index contributed by atoms with van der Waals surface area (Å²) >= 11 is 0. The maximum absolute atomic E-state index is 12.1. The number of amides is 1. The van der Waals surface area contributed by atoms with Crippen LogP contribution in [-0.4, -0.2) is 25.8 Å². The summed E-state index contributed by atoms with van der Waals surface area (Å²) in [5.41, 5.74) is 3.40. The molecule has 0 spiro atoms. The molecule has 1 amide bonds. The normalized spacial score (nSPS) is 11.1. The molecule has 144 valence electrons. The SMILES string of the molecule is COc1ccc(C=NNC(=O)COc2cccc3ccccc23)c2ccccc12. The fourth-order valence-electron chi connectivity index (χ4n) is 3.26. The van der Waals surface area contributed by atoms with Crippen LogP contribution in [0.5, 0.6) is 11.5 Å². The molecule has 0 aliphatic rings. The Hall–Kier alpha value is -3.86. The summed E-state index contributed by atoms with van der Waals surface area (Å²) in [5, 5.41) is 8.10. The van der Waals surface area contributed by atoms with Gasteiger partial charge in [-0.05, 0) is 29.0 Å². The second-order valence-electron chi connectivity index (χ2n) is 6.46. The minimum Gasteiger partial charge on any atom is -0.496 e. The van der Waals surface area contributed by atoms with Gasteiger partial charge in [-0.25, -0.2) is 5.43 Å². The Bertz CT molecular complexity index is 1200. The van der Waals surface area contributed by atoms with E-state index in [1.807, 2.05) is 78.9 Å². The number of rotatable bonds is 6. The molecular formula is C24H20N2O3. The van der Waals surface area contributed by atoms with E-state index >= 15 is 0 Å². The molecule has 1 N–H and O–H groups in total. The van der Waals surface area contributed by atoms with Crippen LogP contribution >= 0.6 is 0 Å². The number of hydrogen-bond acceptors (Lipinski definition) is 4. The summed E-state index contributed by atoms with van der Waals surface area (Å²) in [6.07, 6.45) is 1.62. The molecule has 0 bridgehead atoms. The molecule has 0 radical (unpaired) electrons. The minimum atomic E-state index is -0.327. The number of nitrogens with one attached hydrogen (secondary N) is 1. The van der Waals surface area contributed by atoms with Gasteiger partial charge in [0.1, 0.15) is 11.5 Å². The van der Waals surface area contributed by atoms with Crippen molar-refractivity contribution in [2.75, 3.05) is 13.7 Å².